The van der Waals surface area contributed by atoms with Crippen LogP contribution in [0.5, 0.6) is 17.2 Å². The first-order valence-corrected chi connectivity index (χ1v) is 10.7. The van der Waals surface area contributed by atoms with Crippen LogP contribution in [0.4, 0.5) is 0 Å². The van der Waals surface area contributed by atoms with E-state index in [2.05, 4.69) is 0 Å². The molecule has 2 rings (SSSR count). The average Bonchev–Trinajstić information content (AvgIpc) is 2.75. The quantitative estimate of drug-likeness (QED) is 0.394. The molecular weight excluding hydrogens is 410 g/mol. The minimum atomic E-state index is -3.47. The van der Waals surface area contributed by atoms with Gasteiger partial charge in [-0.25, -0.2) is 12.7 Å². The van der Waals surface area contributed by atoms with E-state index in [0.29, 0.717) is 23.7 Å². The first-order valence-electron chi connectivity index (χ1n) is 9.30. The number of carbonyl (C=O) groups is 1. The highest BCUT2D eigenvalue weighted by molar-refractivity contribution is 7.89. The lowest BCUT2D eigenvalue weighted by Gasteiger charge is -2.12. The lowest BCUT2D eigenvalue weighted by molar-refractivity contribution is -0.144. The number of methoxy groups -OCH3 is 2. The van der Waals surface area contributed by atoms with E-state index in [0.717, 1.165) is 9.87 Å². The van der Waals surface area contributed by atoms with Crippen LogP contribution in [0.1, 0.15) is 12.0 Å². The van der Waals surface area contributed by atoms with E-state index in [-0.39, 0.29) is 30.5 Å². The summed E-state index contributed by atoms with van der Waals surface area (Å²) in [5.74, 6) is 1.41. The van der Waals surface area contributed by atoms with Gasteiger partial charge in [0.1, 0.15) is 19.0 Å². The standard InChI is InChI=1S/C21H27NO7S/c1-22(2)30(24,25)18-9-7-17(8-10-18)28-13-14-29-21(23)12-6-16-5-11-19(26-3)20(15-16)27-4/h5,7-11,15H,6,12-14H2,1-4H3. The van der Waals surface area contributed by atoms with Gasteiger partial charge in [-0.2, -0.15) is 0 Å². The maximum Gasteiger partial charge on any atom is 0.306 e. The zero-order valence-electron chi connectivity index (χ0n) is 17.6. The molecule has 0 aliphatic rings. The Hall–Kier alpha value is -2.78. The number of esters is 1. The fraction of sp³-hybridized carbons (Fsp3) is 0.381. The van der Waals surface area contributed by atoms with Crippen LogP contribution in [0.3, 0.4) is 0 Å². The molecule has 9 heteroatoms. The van der Waals surface area contributed by atoms with Gasteiger partial charge >= 0.3 is 5.97 Å². The largest absolute Gasteiger partial charge is 0.493 e. The third kappa shape index (κ3) is 6.36. The Balaban J connectivity index is 1.74. The van der Waals surface area contributed by atoms with Gasteiger partial charge in [-0.3, -0.25) is 4.79 Å². The first-order chi connectivity index (χ1) is 14.3. The molecule has 0 saturated carbocycles. The van der Waals surface area contributed by atoms with E-state index >= 15 is 0 Å². The Kier molecular flexibility index (Phi) is 8.49. The zero-order valence-corrected chi connectivity index (χ0v) is 18.4. The fourth-order valence-corrected chi connectivity index (χ4v) is 3.49. The summed E-state index contributed by atoms with van der Waals surface area (Å²) in [6.45, 7) is 0.268. The molecule has 164 valence electrons. The molecule has 0 bridgehead atoms. The first kappa shape index (κ1) is 23.5. The monoisotopic (exact) mass is 437 g/mol. The predicted octanol–water partition coefficient (Wildman–Crippen LogP) is 2.51. The van der Waals surface area contributed by atoms with Crippen molar-refractivity contribution in [2.75, 3.05) is 41.5 Å². The molecular formula is C21H27NO7S. The van der Waals surface area contributed by atoms with Crippen molar-refractivity contribution in [3.63, 3.8) is 0 Å². The van der Waals surface area contributed by atoms with Crippen LogP contribution >= 0.6 is 0 Å². The second-order valence-corrected chi connectivity index (χ2v) is 8.67. The normalized spacial score (nSPS) is 11.2. The lowest BCUT2D eigenvalue weighted by Crippen LogP contribution is -2.22. The molecule has 0 atom stereocenters. The predicted molar refractivity (Wildman–Crippen MR) is 112 cm³/mol. The molecule has 0 N–H and O–H groups in total. The summed E-state index contributed by atoms with van der Waals surface area (Å²) in [6, 6.07) is 11.6. The zero-order chi connectivity index (χ0) is 22.1. The van der Waals surface area contributed by atoms with E-state index in [1.165, 1.54) is 26.2 Å². The number of nitrogens with zero attached hydrogens (tertiary/aromatic N) is 1. The number of hydrogen-bond donors (Lipinski definition) is 0. The lowest BCUT2D eigenvalue weighted by atomic mass is 10.1. The maximum absolute atomic E-state index is 12.0. The number of benzene rings is 2. The fourth-order valence-electron chi connectivity index (χ4n) is 2.59. The molecule has 0 heterocycles. The SMILES string of the molecule is COc1ccc(CCC(=O)OCCOc2ccc(S(=O)(=O)N(C)C)cc2)cc1OC. The average molecular weight is 438 g/mol. The highest BCUT2D eigenvalue weighted by Gasteiger charge is 2.16. The van der Waals surface area contributed by atoms with E-state index < -0.39 is 10.0 Å². The van der Waals surface area contributed by atoms with Crippen molar-refractivity contribution >= 4 is 16.0 Å². The summed E-state index contributed by atoms with van der Waals surface area (Å²) >= 11 is 0. The van der Waals surface area contributed by atoms with Crippen LogP contribution in [0.2, 0.25) is 0 Å². The van der Waals surface area contributed by atoms with Gasteiger partial charge in [-0.05, 0) is 48.4 Å². The van der Waals surface area contributed by atoms with Crippen molar-refractivity contribution in [1.29, 1.82) is 0 Å². The van der Waals surface area contributed by atoms with Crippen molar-refractivity contribution in [3.8, 4) is 17.2 Å². The number of ether oxygens (including phenoxy) is 4. The molecule has 0 radical (unpaired) electrons. The minimum absolute atomic E-state index is 0.0997. The molecule has 0 aliphatic carbocycles. The molecule has 0 aliphatic heterocycles. The number of carbonyl (C=O) groups excluding carboxylic acids is 1. The molecule has 2 aromatic carbocycles. The van der Waals surface area contributed by atoms with E-state index in [1.54, 1.807) is 32.4 Å². The van der Waals surface area contributed by atoms with Crippen molar-refractivity contribution in [1.82, 2.24) is 4.31 Å². The van der Waals surface area contributed by atoms with Crippen LogP contribution in [-0.2, 0) is 26.0 Å². The summed E-state index contributed by atoms with van der Waals surface area (Å²) in [4.78, 5) is 12.1. The molecule has 30 heavy (non-hydrogen) atoms. The Labute approximate surface area is 177 Å². The number of hydrogen-bond acceptors (Lipinski definition) is 7. The van der Waals surface area contributed by atoms with E-state index in [9.17, 15) is 13.2 Å². The van der Waals surface area contributed by atoms with Crippen molar-refractivity contribution in [2.45, 2.75) is 17.7 Å². The molecule has 2 aromatic rings. The van der Waals surface area contributed by atoms with Gasteiger partial charge in [0.2, 0.25) is 10.0 Å². The van der Waals surface area contributed by atoms with Crippen LogP contribution in [-0.4, -0.2) is 60.2 Å². The summed E-state index contributed by atoms with van der Waals surface area (Å²) in [5, 5.41) is 0. The molecule has 8 nitrogen and oxygen atoms in total. The van der Waals surface area contributed by atoms with Gasteiger partial charge in [-0.15, -0.1) is 0 Å². The Morgan fingerprint density at radius 2 is 1.60 bits per heavy atom. The molecule has 0 unspecified atom stereocenters. The van der Waals surface area contributed by atoms with Crippen molar-refractivity contribution in [2.24, 2.45) is 0 Å². The maximum atomic E-state index is 12.0. The van der Waals surface area contributed by atoms with Crippen molar-refractivity contribution in [3.05, 3.63) is 48.0 Å². The van der Waals surface area contributed by atoms with Gasteiger partial charge in [0.25, 0.3) is 0 Å². The van der Waals surface area contributed by atoms with Crippen LogP contribution in [0.25, 0.3) is 0 Å². The molecule has 0 saturated heterocycles. The highest BCUT2D eigenvalue weighted by atomic mass is 32.2. The third-order valence-corrected chi connectivity index (χ3v) is 6.11. The van der Waals surface area contributed by atoms with Crippen LogP contribution < -0.4 is 14.2 Å². The van der Waals surface area contributed by atoms with E-state index in [4.69, 9.17) is 18.9 Å². The van der Waals surface area contributed by atoms with E-state index in [1.807, 2.05) is 12.1 Å². The molecule has 0 spiro atoms. The van der Waals surface area contributed by atoms with Gasteiger partial charge in [0.15, 0.2) is 11.5 Å². The summed E-state index contributed by atoms with van der Waals surface area (Å²) in [7, 11) is 2.60. The topological polar surface area (TPSA) is 91.4 Å². The number of sulfonamides is 1. The number of aryl methyl sites for hydroxylation is 1. The third-order valence-electron chi connectivity index (χ3n) is 4.28. The smallest absolute Gasteiger partial charge is 0.306 e. The summed E-state index contributed by atoms with van der Waals surface area (Å²) in [5.41, 5.74) is 0.939. The highest BCUT2D eigenvalue weighted by Crippen LogP contribution is 2.28. The molecule has 0 aromatic heterocycles. The second-order valence-electron chi connectivity index (χ2n) is 6.52. The van der Waals surface area contributed by atoms with Gasteiger partial charge < -0.3 is 18.9 Å². The minimum Gasteiger partial charge on any atom is -0.493 e. The summed E-state index contributed by atoms with van der Waals surface area (Å²) in [6.07, 6.45) is 0.744. The van der Waals surface area contributed by atoms with Crippen LogP contribution in [0.15, 0.2) is 47.4 Å². The van der Waals surface area contributed by atoms with Gasteiger partial charge in [0, 0.05) is 20.5 Å². The van der Waals surface area contributed by atoms with Gasteiger partial charge in [-0.1, -0.05) is 6.07 Å². The van der Waals surface area contributed by atoms with Crippen molar-refractivity contribution < 1.29 is 32.2 Å². The Bertz CT molecular complexity index is 940. The Morgan fingerprint density at radius 3 is 2.20 bits per heavy atom. The molecule has 0 fully saturated rings. The Morgan fingerprint density at radius 1 is 0.933 bits per heavy atom. The second kappa shape index (κ2) is 10.8. The van der Waals surface area contributed by atoms with Crippen LogP contribution in [0, 0.1) is 0 Å². The summed E-state index contributed by atoms with van der Waals surface area (Å²) < 4.78 is 46.3. The van der Waals surface area contributed by atoms with Gasteiger partial charge in [0.05, 0.1) is 19.1 Å². The number of rotatable bonds is 11. The molecule has 0 amide bonds.